The van der Waals surface area contributed by atoms with Gasteiger partial charge in [-0.1, -0.05) is 23.4 Å². The molecule has 0 spiro atoms. The number of piperazine rings is 1. The molecule has 1 saturated heterocycles. The van der Waals surface area contributed by atoms with Crippen LogP contribution < -0.4 is 5.32 Å². The molecule has 3 rings (SSSR count). The Balaban J connectivity index is 0.00000243. The molecule has 1 fully saturated rings. The highest BCUT2D eigenvalue weighted by molar-refractivity contribution is 14.0. The monoisotopic (exact) mass is 473 g/mol. The lowest BCUT2D eigenvalue weighted by Crippen LogP contribution is -2.52. The van der Waals surface area contributed by atoms with E-state index in [2.05, 4.69) is 25.3 Å². The summed E-state index contributed by atoms with van der Waals surface area (Å²) in [5.74, 6) is 0.631. The average molecular weight is 473 g/mol. The molecule has 1 N–H and O–H groups in total. The van der Waals surface area contributed by atoms with Gasteiger partial charge in [0.25, 0.3) is 0 Å². The Morgan fingerprint density at radius 2 is 2.00 bits per heavy atom. The van der Waals surface area contributed by atoms with Crippen LogP contribution in [0.1, 0.15) is 18.2 Å². The standard InChI is InChI=1S/C18H24FN5O.HI/c1-2-20-18(21-13-15-5-3-4-6-17(15)19)24-10-8-23(9-11-24)14-16-7-12-25-22-16;/h3-7,12H,2,8-11,13-14H2,1H3,(H,20,21);1H. The van der Waals surface area contributed by atoms with Crippen LogP contribution in [0, 0.1) is 5.82 Å². The highest BCUT2D eigenvalue weighted by Gasteiger charge is 2.20. The second-order valence-electron chi connectivity index (χ2n) is 6.02. The molecule has 26 heavy (non-hydrogen) atoms. The largest absolute Gasteiger partial charge is 0.364 e. The number of aliphatic imine (C=N–C) groups is 1. The maximum atomic E-state index is 13.8. The third kappa shape index (κ3) is 5.66. The van der Waals surface area contributed by atoms with E-state index in [1.54, 1.807) is 18.4 Å². The normalized spacial score (nSPS) is 15.6. The van der Waals surface area contributed by atoms with Crippen LogP contribution in [-0.4, -0.2) is 53.6 Å². The van der Waals surface area contributed by atoms with Gasteiger partial charge in [-0.3, -0.25) is 4.90 Å². The summed E-state index contributed by atoms with van der Waals surface area (Å²) in [6, 6.07) is 8.68. The van der Waals surface area contributed by atoms with E-state index in [4.69, 9.17) is 4.52 Å². The van der Waals surface area contributed by atoms with Crippen molar-refractivity contribution in [3.8, 4) is 0 Å². The summed E-state index contributed by atoms with van der Waals surface area (Å²) in [7, 11) is 0. The predicted octanol–water partition coefficient (Wildman–Crippen LogP) is 2.72. The number of hydrogen-bond donors (Lipinski definition) is 1. The van der Waals surface area contributed by atoms with Crippen molar-refractivity contribution in [1.29, 1.82) is 0 Å². The highest BCUT2D eigenvalue weighted by atomic mass is 127. The van der Waals surface area contributed by atoms with Crippen LogP contribution in [0.4, 0.5) is 4.39 Å². The zero-order valence-corrected chi connectivity index (χ0v) is 17.2. The van der Waals surface area contributed by atoms with Crippen molar-refractivity contribution in [1.82, 2.24) is 20.3 Å². The molecular weight excluding hydrogens is 448 g/mol. The first kappa shape index (κ1) is 20.6. The fourth-order valence-corrected chi connectivity index (χ4v) is 2.88. The van der Waals surface area contributed by atoms with Gasteiger partial charge in [-0.25, -0.2) is 9.38 Å². The topological polar surface area (TPSA) is 56.9 Å². The van der Waals surface area contributed by atoms with Crippen molar-refractivity contribution in [2.75, 3.05) is 32.7 Å². The second kappa shape index (κ2) is 10.5. The minimum atomic E-state index is -0.209. The molecule has 0 amide bonds. The van der Waals surface area contributed by atoms with Crippen LogP contribution in [0.25, 0.3) is 0 Å². The molecule has 0 aliphatic carbocycles. The third-order valence-corrected chi connectivity index (χ3v) is 4.24. The fraction of sp³-hybridized carbons (Fsp3) is 0.444. The molecular formula is C18H25FIN5O. The predicted molar refractivity (Wildman–Crippen MR) is 110 cm³/mol. The van der Waals surface area contributed by atoms with Crippen LogP contribution in [0.2, 0.25) is 0 Å². The molecule has 142 valence electrons. The number of hydrogen-bond acceptors (Lipinski definition) is 4. The van der Waals surface area contributed by atoms with E-state index in [1.807, 2.05) is 19.1 Å². The lowest BCUT2D eigenvalue weighted by molar-refractivity contribution is 0.169. The summed E-state index contributed by atoms with van der Waals surface area (Å²) < 4.78 is 18.7. The fourth-order valence-electron chi connectivity index (χ4n) is 2.88. The average Bonchev–Trinajstić information content (AvgIpc) is 3.14. The van der Waals surface area contributed by atoms with E-state index in [-0.39, 0.29) is 29.8 Å². The number of aromatic nitrogens is 1. The van der Waals surface area contributed by atoms with Crippen molar-refractivity contribution in [3.05, 3.63) is 53.7 Å². The number of nitrogens with one attached hydrogen (secondary N) is 1. The Morgan fingerprint density at radius 1 is 1.23 bits per heavy atom. The highest BCUT2D eigenvalue weighted by Crippen LogP contribution is 2.10. The zero-order chi connectivity index (χ0) is 17.5. The molecule has 1 aliphatic heterocycles. The molecule has 8 heteroatoms. The molecule has 2 aromatic rings. The van der Waals surface area contributed by atoms with Crippen LogP contribution in [0.5, 0.6) is 0 Å². The lowest BCUT2D eigenvalue weighted by atomic mass is 10.2. The van der Waals surface area contributed by atoms with Gasteiger partial charge in [-0.2, -0.15) is 0 Å². The van der Waals surface area contributed by atoms with E-state index in [9.17, 15) is 4.39 Å². The van der Waals surface area contributed by atoms with Crippen molar-refractivity contribution >= 4 is 29.9 Å². The van der Waals surface area contributed by atoms with Crippen LogP contribution in [0.3, 0.4) is 0 Å². The molecule has 0 saturated carbocycles. The van der Waals surface area contributed by atoms with Gasteiger partial charge in [0.2, 0.25) is 0 Å². The van der Waals surface area contributed by atoms with Gasteiger partial charge in [0, 0.05) is 50.9 Å². The summed E-state index contributed by atoms with van der Waals surface area (Å²) in [4.78, 5) is 9.18. The molecule has 0 unspecified atom stereocenters. The number of halogens is 2. The van der Waals surface area contributed by atoms with Gasteiger partial charge >= 0.3 is 0 Å². The molecule has 0 bridgehead atoms. The number of rotatable bonds is 5. The summed E-state index contributed by atoms with van der Waals surface area (Å²) in [5, 5.41) is 7.27. The van der Waals surface area contributed by atoms with E-state index in [1.165, 1.54) is 6.07 Å². The van der Waals surface area contributed by atoms with Gasteiger partial charge < -0.3 is 14.7 Å². The summed E-state index contributed by atoms with van der Waals surface area (Å²) >= 11 is 0. The zero-order valence-electron chi connectivity index (χ0n) is 14.9. The van der Waals surface area contributed by atoms with Crippen molar-refractivity contribution in [2.45, 2.75) is 20.0 Å². The van der Waals surface area contributed by atoms with E-state index in [0.29, 0.717) is 12.1 Å². The van der Waals surface area contributed by atoms with Crippen molar-refractivity contribution in [2.24, 2.45) is 4.99 Å². The molecule has 1 aromatic heterocycles. The van der Waals surface area contributed by atoms with Crippen molar-refractivity contribution in [3.63, 3.8) is 0 Å². The van der Waals surface area contributed by atoms with Crippen LogP contribution in [0.15, 0.2) is 46.1 Å². The molecule has 1 aromatic carbocycles. The van der Waals surface area contributed by atoms with Gasteiger partial charge in [0.05, 0.1) is 12.2 Å². The minimum Gasteiger partial charge on any atom is -0.364 e. The lowest BCUT2D eigenvalue weighted by Gasteiger charge is -2.36. The number of nitrogens with zero attached hydrogens (tertiary/aromatic N) is 4. The smallest absolute Gasteiger partial charge is 0.194 e. The van der Waals surface area contributed by atoms with Crippen LogP contribution in [-0.2, 0) is 13.1 Å². The van der Waals surface area contributed by atoms with Crippen molar-refractivity contribution < 1.29 is 8.91 Å². The summed E-state index contributed by atoms with van der Waals surface area (Å²) in [5.41, 5.74) is 1.57. The Bertz CT molecular complexity index is 687. The van der Waals surface area contributed by atoms with E-state index in [0.717, 1.165) is 50.9 Å². The van der Waals surface area contributed by atoms with E-state index < -0.39 is 0 Å². The number of benzene rings is 1. The van der Waals surface area contributed by atoms with Crippen LogP contribution >= 0.6 is 24.0 Å². The first-order valence-corrected chi connectivity index (χ1v) is 8.64. The second-order valence-corrected chi connectivity index (χ2v) is 6.02. The Kier molecular flexibility index (Phi) is 8.30. The van der Waals surface area contributed by atoms with Gasteiger partial charge in [-0.15, -0.1) is 24.0 Å². The summed E-state index contributed by atoms with van der Waals surface area (Å²) in [6.07, 6.45) is 1.60. The first-order chi connectivity index (χ1) is 12.3. The quantitative estimate of drug-likeness (QED) is 0.411. The molecule has 0 radical (unpaired) electrons. The van der Waals surface area contributed by atoms with Gasteiger partial charge in [0.1, 0.15) is 12.1 Å². The van der Waals surface area contributed by atoms with Gasteiger partial charge in [-0.05, 0) is 13.0 Å². The Labute approximate surface area is 170 Å². The minimum absolute atomic E-state index is 0. The number of guanidine groups is 1. The molecule has 0 atom stereocenters. The Hall–Kier alpha value is -1.68. The molecule has 6 nitrogen and oxygen atoms in total. The summed E-state index contributed by atoms with van der Waals surface area (Å²) in [6.45, 7) is 7.58. The van der Waals surface area contributed by atoms with E-state index >= 15 is 0 Å². The first-order valence-electron chi connectivity index (χ1n) is 8.64. The Morgan fingerprint density at radius 3 is 2.65 bits per heavy atom. The SMILES string of the molecule is CCNC(=NCc1ccccc1F)N1CCN(Cc2ccon2)CC1.I. The molecule has 2 heterocycles. The van der Waals surface area contributed by atoms with Gasteiger partial charge in [0.15, 0.2) is 5.96 Å². The molecule has 1 aliphatic rings. The third-order valence-electron chi connectivity index (χ3n) is 4.24. The maximum Gasteiger partial charge on any atom is 0.194 e. The maximum absolute atomic E-state index is 13.8.